The van der Waals surface area contributed by atoms with Crippen molar-refractivity contribution in [2.45, 2.75) is 39.0 Å². The zero-order valence-corrected chi connectivity index (χ0v) is 13.1. The number of carbonyl (C=O) groups excluding carboxylic acids is 1. The Bertz CT molecular complexity index is 468. The smallest absolute Gasteiger partial charge is 0.253 e. The number of anilines is 1. The molecule has 114 valence electrons. The SMILES string of the molecule is CC1CCN(C(=O)c2ccc(N3CCCCC3)cc2)CC1. The average Bonchev–Trinajstić information content (AvgIpc) is 2.56. The van der Waals surface area contributed by atoms with Crippen LogP contribution in [0.5, 0.6) is 0 Å². The Balaban J connectivity index is 1.64. The number of benzene rings is 1. The maximum atomic E-state index is 12.5. The van der Waals surface area contributed by atoms with E-state index in [1.807, 2.05) is 17.0 Å². The van der Waals surface area contributed by atoms with Gasteiger partial charge in [-0.3, -0.25) is 4.79 Å². The topological polar surface area (TPSA) is 23.6 Å². The van der Waals surface area contributed by atoms with Crippen LogP contribution in [0, 0.1) is 5.92 Å². The summed E-state index contributed by atoms with van der Waals surface area (Å²) in [6, 6.07) is 8.24. The Kier molecular flexibility index (Phi) is 4.47. The molecule has 1 aromatic carbocycles. The van der Waals surface area contributed by atoms with Crippen LogP contribution in [-0.2, 0) is 0 Å². The van der Waals surface area contributed by atoms with E-state index in [2.05, 4.69) is 24.0 Å². The molecule has 2 fully saturated rings. The molecule has 0 aromatic heterocycles. The van der Waals surface area contributed by atoms with Crippen LogP contribution in [0.3, 0.4) is 0 Å². The van der Waals surface area contributed by atoms with Crippen LogP contribution in [0.1, 0.15) is 49.4 Å². The Morgan fingerprint density at radius 2 is 1.57 bits per heavy atom. The summed E-state index contributed by atoms with van der Waals surface area (Å²) in [5.41, 5.74) is 2.10. The molecule has 0 N–H and O–H groups in total. The highest BCUT2D eigenvalue weighted by Gasteiger charge is 2.21. The molecule has 21 heavy (non-hydrogen) atoms. The number of carbonyl (C=O) groups is 1. The highest BCUT2D eigenvalue weighted by molar-refractivity contribution is 5.94. The van der Waals surface area contributed by atoms with Crippen LogP contribution < -0.4 is 4.90 Å². The van der Waals surface area contributed by atoms with E-state index in [9.17, 15) is 4.79 Å². The fourth-order valence-electron chi connectivity index (χ4n) is 3.36. The van der Waals surface area contributed by atoms with Crippen LogP contribution in [0.4, 0.5) is 5.69 Å². The monoisotopic (exact) mass is 286 g/mol. The molecular weight excluding hydrogens is 260 g/mol. The van der Waals surface area contributed by atoms with Gasteiger partial charge >= 0.3 is 0 Å². The molecule has 0 aliphatic carbocycles. The van der Waals surface area contributed by atoms with Gasteiger partial charge in [0.2, 0.25) is 0 Å². The highest BCUT2D eigenvalue weighted by atomic mass is 16.2. The van der Waals surface area contributed by atoms with Gasteiger partial charge in [-0.15, -0.1) is 0 Å². The van der Waals surface area contributed by atoms with Crippen LogP contribution in [-0.4, -0.2) is 37.0 Å². The van der Waals surface area contributed by atoms with Gasteiger partial charge in [-0.2, -0.15) is 0 Å². The summed E-state index contributed by atoms with van der Waals surface area (Å²) in [5, 5.41) is 0. The van der Waals surface area contributed by atoms with Crippen LogP contribution >= 0.6 is 0 Å². The molecule has 1 aromatic rings. The predicted octanol–water partition coefficient (Wildman–Crippen LogP) is 3.55. The van der Waals surface area contributed by atoms with E-state index in [1.165, 1.54) is 24.9 Å². The van der Waals surface area contributed by atoms with E-state index in [4.69, 9.17) is 0 Å². The van der Waals surface area contributed by atoms with Crippen LogP contribution in [0.15, 0.2) is 24.3 Å². The summed E-state index contributed by atoms with van der Waals surface area (Å²) in [4.78, 5) is 16.9. The van der Waals surface area contributed by atoms with Gasteiger partial charge in [0.25, 0.3) is 5.91 Å². The van der Waals surface area contributed by atoms with E-state index >= 15 is 0 Å². The van der Waals surface area contributed by atoms with Gasteiger partial charge in [0.15, 0.2) is 0 Å². The van der Waals surface area contributed by atoms with Crippen molar-refractivity contribution >= 4 is 11.6 Å². The molecule has 0 spiro atoms. The number of piperidine rings is 2. The standard InChI is InChI=1S/C18H26N2O/c1-15-9-13-20(14-10-15)18(21)16-5-7-17(8-6-16)19-11-3-2-4-12-19/h5-8,15H,2-4,9-14H2,1H3. The molecule has 0 unspecified atom stereocenters. The number of rotatable bonds is 2. The molecule has 1 amide bonds. The summed E-state index contributed by atoms with van der Waals surface area (Å²) < 4.78 is 0. The average molecular weight is 286 g/mol. The van der Waals surface area contributed by atoms with Crippen LogP contribution in [0.25, 0.3) is 0 Å². The summed E-state index contributed by atoms with van der Waals surface area (Å²) in [6.07, 6.45) is 6.19. The van der Waals surface area contributed by atoms with Gasteiger partial charge in [-0.1, -0.05) is 6.92 Å². The largest absolute Gasteiger partial charge is 0.372 e. The number of nitrogens with zero attached hydrogens (tertiary/aromatic N) is 2. The summed E-state index contributed by atoms with van der Waals surface area (Å²) in [6.45, 7) is 6.39. The Labute approximate surface area is 127 Å². The Morgan fingerprint density at radius 1 is 0.952 bits per heavy atom. The zero-order valence-electron chi connectivity index (χ0n) is 13.1. The van der Waals surface area contributed by atoms with E-state index < -0.39 is 0 Å². The molecule has 0 radical (unpaired) electrons. The number of hydrogen-bond acceptors (Lipinski definition) is 2. The lowest BCUT2D eigenvalue weighted by Gasteiger charge is -2.31. The molecule has 3 nitrogen and oxygen atoms in total. The third-order valence-electron chi connectivity index (χ3n) is 4.91. The van der Waals surface area contributed by atoms with Gasteiger partial charge in [0.1, 0.15) is 0 Å². The fourth-order valence-corrected chi connectivity index (χ4v) is 3.36. The van der Waals surface area contributed by atoms with Gasteiger partial charge < -0.3 is 9.80 Å². The third kappa shape index (κ3) is 3.39. The third-order valence-corrected chi connectivity index (χ3v) is 4.91. The minimum atomic E-state index is 0.201. The Hall–Kier alpha value is -1.51. The highest BCUT2D eigenvalue weighted by Crippen LogP contribution is 2.22. The summed E-state index contributed by atoms with van der Waals surface area (Å²) in [5.74, 6) is 0.961. The first kappa shape index (κ1) is 14.4. The van der Waals surface area contributed by atoms with Gasteiger partial charge in [0.05, 0.1) is 0 Å². The first-order valence-electron chi connectivity index (χ1n) is 8.38. The predicted molar refractivity (Wildman–Crippen MR) is 86.8 cm³/mol. The molecule has 2 aliphatic heterocycles. The first-order chi connectivity index (χ1) is 10.2. The molecule has 2 saturated heterocycles. The van der Waals surface area contributed by atoms with Crippen molar-refractivity contribution in [2.24, 2.45) is 5.92 Å². The fraction of sp³-hybridized carbons (Fsp3) is 0.611. The maximum Gasteiger partial charge on any atom is 0.253 e. The maximum absolute atomic E-state index is 12.5. The number of likely N-dealkylation sites (tertiary alicyclic amines) is 1. The molecule has 0 bridgehead atoms. The second kappa shape index (κ2) is 6.50. The molecule has 2 heterocycles. The van der Waals surface area contributed by atoms with E-state index in [0.717, 1.165) is 50.5 Å². The molecule has 3 rings (SSSR count). The van der Waals surface area contributed by atoms with Gasteiger partial charge in [-0.25, -0.2) is 0 Å². The molecule has 0 atom stereocenters. The molecule has 0 saturated carbocycles. The van der Waals surface area contributed by atoms with Crippen molar-refractivity contribution in [1.29, 1.82) is 0 Å². The van der Waals surface area contributed by atoms with E-state index in [-0.39, 0.29) is 5.91 Å². The van der Waals surface area contributed by atoms with Gasteiger partial charge in [0, 0.05) is 37.4 Å². The summed E-state index contributed by atoms with van der Waals surface area (Å²) in [7, 11) is 0. The minimum Gasteiger partial charge on any atom is -0.372 e. The van der Waals surface area contributed by atoms with Crippen molar-refractivity contribution in [2.75, 3.05) is 31.1 Å². The van der Waals surface area contributed by atoms with Crippen molar-refractivity contribution in [3.63, 3.8) is 0 Å². The van der Waals surface area contributed by atoms with E-state index in [1.54, 1.807) is 0 Å². The number of hydrogen-bond donors (Lipinski definition) is 0. The quantitative estimate of drug-likeness (QED) is 0.830. The first-order valence-corrected chi connectivity index (χ1v) is 8.38. The van der Waals surface area contributed by atoms with Crippen molar-refractivity contribution in [1.82, 2.24) is 4.90 Å². The van der Waals surface area contributed by atoms with Crippen molar-refractivity contribution in [3.8, 4) is 0 Å². The molecule has 3 heteroatoms. The van der Waals surface area contributed by atoms with Gasteiger partial charge in [-0.05, 0) is 62.3 Å². The lowest BCUT2D eigenvalue weighted by Crippen LogP contribution is -2.37. The lowest BCUT2D eigenvalue weighted by atomic mass is 9.98. The van der Waals surface area contributed by atoms with Crippen LogP contribution in [0.2, 0.25) is 0 Å². The minimum absolute atomic E-state index is 0.201. The zero-order chi connectivity index (χ0) is 14.7. The van der Waals surface area contributed by atoms with Crippen molar-refractivity contribution < 1.29 is 4.79 Å². The molecular formula is C18H26N2O. The Morgan fingerprint density at radius 3 is 2.19 bits per heavy atom. The second-order valence-corrected chi connectivity index (χ2v) is 6.57. The summed E-state index contributed by atoms with van der Waals surface area (Å²) >= 11 is 0. The second-order valence-electron chi connectivity index (χ2n) is 6.57. The lowest BCUT2D eigenvalue weighted by molar-refractivity contribution is 0.0697. The normalized spacial score (nSPS) is 20.6. The van der Waals surface area contributed by atoms with E-state index in [0.29, 0.717) is 0 Å². The van der Waals surface area contributed by atoms with Crippen molar-refractivity contribution in [3.05, 3.63) is 29.8 Å². The molecule has 2 aliphatic rings. The number of amides is 1.